The average molecular weight is 336 g/mol. The van der Waals surface area contributed by atoms with Crippen LogP contribution in [0.5, 0.6) is 0 Å². The molecular weight excluding hydrogens is 319 g/mol. The van der Waals surface area contributed by atoms with Crippen LogP contribution < -0.4 is 0 Å². The van der Waals surface area contributed by atoms with E-state index in [1.54, 1.807) is 0 Å². The van der Waals surface area contributed by atoms with Gasteiger partial charge in [-0.1, -0.05) is 65.0 Å². The lowest BCUT2D eigenvalue weighted by molar-refractivity contribution is 0.325. The first-order chi connectivity index (χ1) is 8.01. The molecule has 0 aromatic heterocycles. The third-order valence-corrected chi connectivity index (χ3v) is 6.07. The van der Waals surface area contributed by atoms with Gasteiger partial charge in [0.25, 0.3) is 0 Å². The van der Waals surface area contributed by atoms with Crippen molar-refractivity contribution in [1.29, 1.82) is 0 Å². The van der Waals surface area contributed by atoms with E-state index in [-0.39, 0.29) is 0 Å². The van der Waals surface area contributed by atoms with Crippen LogP contribution in [0.2, 0.25) is 10.0 Å². The molecule has 0 heterocycles. The molecule has 1 saturated carbocycles. The highest BCUT2D eigenvalue weighted by molar-refractivity contribution is 9.09. The molecule has 0 radical (unpaired) electrons. The standard InChI is InChI=1S/C14H17BrCl2/c1-14(6-2-3-7-14)13(15)9-10-4-5-11(16)12(17)8-10/h4-5,8,13H,2-3,6-7,9H2,1H3. The Hall–Kier alpha value is 0.280. The first-order valence-corrected chi connectivity index (χ1v) is 7.76. The van der Waals surface area contributed by atoms with E-state index < -0.39 is 0 Å². The van der Waals surface area contributed by atoms with Crippen molar-refractivity contribution in [3.8, 4) is 0 Å². The largest absolute Gasteiger partial charge is 0.0881 e. The Kier molecular flexibility index (Phi) is 4.44. The van der Waals surface area contributed by atoms with Crippen molar-refractivity contribution in [2.24, 2.45) is 5.41 Å². The van der Waals surface area contributed by atoms with Gasteiger partial charge in [-0.15, -0.1) is 0 Å². The van der Waals surface area contributed by atoms with Gasteiger partial charge in [-0.25, -0.2) is 0 Å². The van der Waals surface area contributed by atoms with Crippen LogP contribution in [-0.2, 0) is 6.42 Å². The van der Waals surface area contributed by atoms with Gasteiger partial charge in [-0.3, -0.25) is 0 Å². The van der Waals surface area contributed by atoms with E-state index in [9.17, 15) is 0 Å². The molecule has 17 heavy (non-hydrogen) atoms. The Morgan fingerprint density at radius 3 is 2.47 bits per heavy atom. The van der Waals surface area contributed by atoms with Gasteiger partial charge >= 0.3 is 0 Å². The van der Waals surface area contributed by atoms with Crippen molar-refractivity contribution >= 4 is 39.1 Å². The van der Waals surface area contributed by atoms with Gasteiger partial charge in [-0.05, 0) is 42.4 Å². The number of benzene rings is 1. The summed E-state index contributed by atoms with van der Waals surface area (Å²) in [6.07, 6.45) is 6.39. The molecule has 0 amide bonds. The summed E-state index contributed by atoms with van der Waals surface area (Å²) in [5.74, 6) is 0. The molecule has 1 atom stereocenters. The van der Waals surface area contributed by atoms with Crippen molar-refractivity contribution < 1.29 is 0 Å². The summed E-state index contributed by atoms with van der Waals surface area (Å²) < 4.78 is 0. The molecule has 1 aliphatic carbocycles. The van der Waals surface area contributed by atoms with E-state index in [2.05, 4.69) is 28.9 Å². The summed E-state index contributed by atoms with van der Waals surface area (Å²) in [6, 6.07) is 5.94. The van der Waals surface area contributed by atoms with E-state index in [1.807, 2.05) is 12.1 Å². The van der Waals surface area contributed by atoms with Crippen LogP contribution >= 0.6 is 39.1 Å². The zero-order valence-corrected chi connectivity index (χ0v) is 13.1. The minimum absolute atomic E-state index is 0.437. The fourth-order valence-electron chi connectivity index (χ4n) is 2.62. The smallest absolute Gasteiger partial charge is 0.0595 e. The highest BCUT2D eigenvalue weighted by Gasteiger charge is 2.35. The van der Waals surface area contributed by atoms with Gasteiger partial charge in [0.05, 0.1) is 10.0 Å². The Balaban J connectivity index is 2.07. The molecule has 1 aliphatic rings. The molecule has 94 valence electrons. The first kappa shape index (κ1) is 13.7. The van der Waals surface area contributed by atoms with Crippen molar-refractivity contribution in [3.05, 3.63) is 33.8 Å². The molecule has 1 fully saturated rings. The molecule has 1 aromatic carbocycles. The number of hydrogen-bond donors (Lipinski definition) is 0. The fraction of sp³-hybridized carbons (Fsp3) is 0.571. The average Bonchev–Trinajstić information content (AvgIpc) is 2.72. The summed E-state index contributed by atoms with van der Waals surface area (Å²) in [5.41, 5.74) is 1.70. The van der Waals surface area contributed by atoms with Gasteiger partial charge < -0.3 is 0 Å². The van der Waals surface area contributed by atoms with Crippen LogP contribution in [0.25, 0.3) is 0 Å². The topological polar surface area (TPSA) is 0 Å². The van der Waals surface area contributed by atoms with Crippen LogP contribution in [0.15, 0.2) is 18.2 Å². The second-order valence-corrected chi connectivity index (χ2v) is 7.20. The Morgan fingerprint density at radius 2 is 1.88 bits per heavy atom. The summed E-state index contributed by atoms with van der Waals surface area (Å²) >= 11 is 15.8. The summed E-state index contributed by atoms with van der Waals surface area (Å²) in [4.78, 5) is 0.523. The predicted octanol–water partition coefficient (Wildman–Crippen LogP) is 5.88. The molecular formula is C14H17BrCl2. The summed E-state index contributed by atoms with van der Waals surface area (Å²) in [7, 11) is 0. The van der Waals surface area contributed by atoms with E-state index >= 15 is 0 Å². The van der Waals surface area contributed by atoms with Crippen molar-refractivity contribution in [2.75, 3.05) is 0 Å². The highest BCUT2D eigenvalue weighted by Crippen LogP contribution is 2.44. The molecule has 0 saturated heterocycles. The molecule has 1 unspecified atom stereocenters. The van der Waals surface area contributed by atoms with E-state index in [0.29, 0.717) is 20.3 Å². The zero-order valence-electron chi connectivity index (χ0n) is 9.98. The molecule has 0 aliphatic heterocycles. The van der Waals surface area contributed by atoms with Gasteiger partial charge in [0.1, 0.15) is 0 Å². The lowest BCUT2D eigenvalue weighted by Gasteiger charge is -2.30. The molecule has 1 aromatic rings. The van der Waals surface area contributed by atoms with Crippen molar-refractivity contribution in [2.45, 2.75) is 43.9 Å². The second-order valence-electron chi connectivity index (χ2n) is 5.28. The number of halogens is 3. The van der Waals surface area contributed by atoms with E-state index in [1.165, 1.54) is 31.2 Å². The lowest BCUT2D eigenvalue weighted by Crippen LogP contribution is -2.26. The van der Waals surface area contributed by atoms with Gasteiger partial charge in [-0.2, -0.15) is 0 Å². The van der Waals surface area contributed by atoms with E-state index in [4.69, 9.17) is 23.2 Å². The van der Waals surface area contributed by atoms with Gasteiger partial charge in [0, 0.05) is 4.83 Å². The third kappa shape index (κ3) is 3.19. The predicted molar refractivity (Wildman–Crippen MR) is 79.5 cm³/mol. The van der Waals surface area contributed by atoms with Crippen LogP contribution in [0.3, 0.4) is 0 Å². The molecule has 0 bridgehead atoms. The normalized spacial score (nSPS) is 20.5. The number of rotatable bonds is 3. The van der Waals surface area contributed by atoms with Crippen molar-refractivity contribution in [1.82, 2.24) is 0 Å². The Labute approximate surface area is 122 Å². The Bertz CT molecular complexity index is 397. The van der Waals surface area contributed by atoms with Crippen molar-refractivity contribution in [3.63, 3.8) is 0 Å². The van der Waals surface area contributed by atoms with Crippen LogP contribution in [0.1, 0.15) is 38.2 Å². The molecule has 0 N–H and O–H groups in total. The minimum Gasteiger partial charge on any atom is -0.0881 e. The maximum Gasteiger partial charge on any atom is 0.0595 e. The Morgan fingerprint density at radius 1 is 1.24 bits per heavy atom. The van der Waals surface area contributed by atoms with Gasteiger partial charge in [0.15, 0.2) is 0 Å². The van der Waals surface area contributed by atoms with Crippen LogP contribution in [0.4, 0.5) is 0 Å². The molecule has 0 nitrogen and oxygen atoms in total. The monoisotopic (exact) mass is 334 g/mol. The highest BCUT2D eigenvalue weighted by atomic mass is 79.9. The summed E-state index contributed by atoms with van der Waals surface area (Å²) in [6.45, 7) is 2.39. The number of hydrogen-bond acceptors (Lipinski definition) is 0. The maximum atomic E-state index is 6.04. The number of alkyl halides is 1. The zero-order chi connectivity index (χ0) is 12.5. The summed E-state index contributed by atoms with van der Waals surface area (Å²) in [5, 5.41) is 1.29. The fourth-order valence-corrected chi connectivity index (χ4v) is 3.77. The molecule has 0 spiro atoms. The third-order valence-electron chi connectivity index (χ3n) is 3.90. The van der Waals surface area contributed by atoms with Crippen LogP contribution in [-0.4, -0.2) is 4.83 Å². The quantitative estimate of drug-likeness (QED) is 0.605. The maximum absolute atomic E-state index is 6.04. The SMILES string of the molecule is CC1(C(Br)Cc2ccc(Cl)c(Cl)c2)CCCC1. The molecule has 2 rings (SSSR count). The van der Waals surface area contributed by atoms with Crippen LogP contribution in [0, 0.1) is 5.41 Å². The lowest BCUT2D eigenvalue weighted by atomic mass is 9.82. The molecule has 3 heteroatoms. The van der Waals surface area contributed by atoms with E-state index in [0.717, 1.165) is 6.42 Å². The van der Waals surface area contributed by atoms with Gasteiger partial charge in [0.2, 0.25) is 0 Å². The minimum atomic E-state index is 0.437. The first-order valence-electron chi connectivity index (χ1n) is 6.09. The second kappa shape index (κ2) is 5.50.